The van der Waals surface area contributed by atoms with Gasteiger partial charge in [0.15, 0.2) is 0 Å². The van der Waals surface area contributed by atoms with E-state index in [-0.39, 0.29) is 29.1 Å². The molecule has 2 aromatic rings. The highest BCUT2D eigenvalue weighted by molar-refractivity contribution is 6.30. The minimum atomic E-state index is -0.981. The van der Waals surface area contributed by atoms with Gasteiger partial charge in [0.1, 0.15) is 17.6 Å². The number of benzene rings is 2. The van der Waals surface area contributed by atoms with Crippen LogP contribution in [-0.4, -0.2) is 43.0 Å². The van der Waals surface area contributed by atoms with Gasteiger partial charge in [0.05, 0.1) is 37.4 Å². The van der Waals surface area contributed by atoms with Gasteiger partial charge in [-0.3, -0.25) is 4.79 Å². The van der Waals surface area contributed by atoms with E-state index in [1.54, 1.807) is 24.3 Å². The third-order valence-corrected chi connectivity index (χ3v) is 6.06. The van der Waals surface area contributed by atoms with Crippen LogP contribution in [0.25, 0.3) is 0 Å². The van der Waals surface area contributed by atoms with E-state index in [0.29, 0.717) is 10.6 Å². The standard InChI is InChI=1S/C25H20ClN3O5/c1-33-24(31)20-19(15-8-10-16(26)11-9-15)17(13-27)22-28-23(30)18(12-14-6-4-3-5-7-14)29(22)21(20)25(32)34-2/h3-11,18-19H,12H2,1-2H3,(H,28,30). The molecule has 0 saturated carbocycles. The van der Waals surface area contributed by atoms with Crippen molar-refractivity contribution < 1.29 is 23.9 Å². The van der Waals surface area contributed by atoms with Crippen LogP contribution in [0, 0.1) is 11.3 Å². The molecule has 4 rings (SSSR count). The highest BCUT2D eigenvalue weighted by atomic mass is 35.5. The van der Waals surface area contributed by atoms with E-state index in [4.69, 9.17) is 21.1 Å². The molecule has 34 heavy (non-hydrogen) atoms. The Hall–Kier alpha value is -4.09. The average Bonchev–Trinajstić information content (AvgIpc) is 3.18. The minimum absolute atomic E-state index is 0.0912. The number of ether oxygens (including phenoxy) is 2. The van der Waals surface area contributed by atoms with Crippen molar-refractivity contribution in [3.05, 3.63) is 93.4 Å². The van der Waals surface area contributed by atoms with E-state index in [2.05, 4.69) is 11.4 Å². The molecule has 2 unspecified atom stereocenters. The molecule has 1 fully saturated rings. The molecule has 0 spiro atoms. The van der Waals surface area contributed by atoms with Crippen molar-refractivity contribution in [2.45, 2.75) is 18.4 Å². The second-order valence-corrected chi connectivity index (χ2v) is 8.11. The van der Waals surface area contributed by atoms with Crippen molar-refractivity contribution in [1.82, 2.24) is 10.2 Å². The number of hydrogen-bond acceptors (Lipinski definition) is 7. The summed E-state index contributed by atoms with van der Waals surface area (Å²) in [6, 6.07) is 17.0. The van der Waals surface area contributed by atoms with E-state index in [0.717, 1.165) is 5.56 Å². The zero-order chi connectivity index (χ0) is 24.4. The van der Waals surface area contributed by atoms with Crippen LogP contribution < -0.4 is 5.32 Å². The summed E-state index contributed by atoms with van der Waals surface area (Å²) in [5, 5.41) is 13.3. The van der Waals surface area contributed by atoms with Crippen LogP contribution in [-0.2, 0) is 30.3 Å². The number of carbonyl (C=O) groups is 3. The molecular formula is C25H20ClN3O5. The number of fused-ring (bicyclic) bond motifs is 1. The van der Waals surface area contributed by atoms with Crippen molar-refractivity contribution in [2.24, 2.45) is 0 Å². The summed E-state index contributed by atoms with van der Waals surface area (Å²) >= 11 is 6.03. The van der Waals surface area contributed by atoms with Gasteiger partial charge in [0.2, 0.25) is 5.91 Å². The summed E-state index contributed by atoms with van der Waals surface area (Å²) < 4.78 is 10.0. The molecule has 2 atom stereocenters. The predicted molar refractivity (Wildman–Crippen MR) is 122 cm³/mol. The molecule has 2 heterocycles. The van der Waals surface area contributed by atoms with E-state index in [9.17, 15) is 19.6 Å². The smallest absolute Gasteiger partial charge is 0.355 e. The fourth-order valence-electron chi connectivity index (χ4n) is 4.30. The van der Waals surface area contributed by atoms with Gasteiger partial charge < -0.3 is 19.7 Å². The fourth-order valence-corrected chi connectivity index (χ4v) is 4.43. The summed E-state index contributed by atoms with van der Waals surface area (Å²) in [6.07, 6.45) is 0.232. The molecule has 2 aromatic carbocycles. The lowest BCUT2D eigenvalue weighted by atomic mass is 9.81. The second kappa shape index (κ2) is 9.41. The lowest BCUT2D eigenvalue weighted by molar-refractivity contribution is -0.141. The molecule has 0 radical (unpaired) electrons. The van der Waals surface area contributed by atoms with Gasteiger partial charge in [-0.15, -0.1) is 0 Å². The van der Waals surface area contributed by atoms with Crippen LogP contribution in [0.2, 0.25) is 5.02 Å². The zero-order valence-electron chi connectivity index (χ0n) is 18.4. The van der Waals surface area contributed by atoms with E-state index >= 15 is 0 Å². The van der Waals surface area contributed by atoms with Gasteiger partial charge >= 0.3 is 11.9 Å². The molecule has 9 heteroatoms. The van der Waals surface area contributed by atoms with E-state index in [1.807, 2.05) is 30.3 Å². The third-order valence-electron chi connectivity index (χ3n) is 5.81. The highest BCUT2D eigenvalue weighted by Gasteiger charge is 2.50. The first-order valence-corrected chi connectivity index (χ1v) is 10.7. The molecule has 8 nitrogen and oxygen atoms in total. The monoisotopic (exact) mass is 477 g/mol. The van der Waals surface area contributed by atoms with Crippen LogP contribution in [0.5, 0.6) is 0 Å². The first-order valence-electron chi connectivity index (χ1n) is 10.4. The Kier molecular flexibility index (Phi) is 6.39. The lowest BCUT2D eigenvalue weighted by Gasteiger charge is -2.35. The molecule has 0 aromatic heterocycles. The molecule has 1 saturated heterocycles. The number of nitriles is 1. The number of rotatable bonds is 5. The Bertz CT molecular complexity index is 1260. The molecule has 0 aliphatic carbocycles. The van der Waals surface area contributed by atoms with Gasteiger partial charge in [-0.05, 0) is 23.3 Å². The van der Waals surface area contributed by atoms with Gasteiger partial charge in [-0.25, -0.2) is 9.59 Å². The molecule has 1 N–H and O–H groups in total. The number of hydrogen-bond donors (Lipinski definition) is 1. The Balaban J connectivity index is 1.98. The number of carbonyl (C=O) groups excluding carboxylic acids is 3. The Morgan fingerprint density at radius 1 is 1.06 bits per heavy atom. The Morgan fingerprint density at radius 3 is 2.29 bits per heavy atom. The number of nitrogens with one attached hydrogen (secondary N) is 1. The summed E-state index contributed by atoms with van der Waals surface area (Å²) in [7, 11) is 2.37. The largest absolute Gasteiger partial charge is 0.466 e. The predicted octanol–water partition coefficient (Wildman–Crippen LogP) is 2.82. The molecule has 2 aliphatic rings. The molecule has 2 aliphatic heterocycles. The summed E-state index contributed by atoms with van der Waals surface area (Å²) in [5.74, 6) is -2.89. The number of allylic oxidation sites excluding steroid dienone is 1. The molecule has 0 bridgehead atoms. The van der Waals surface area contributed by atoms with Crippen LogP contribution >= 0.6 is 11.6 Å². The Morgan fingerprint density at radius 2 is 1.71 bits per heavy atom. The maximum Gasteiger partial charge on any atom is 0.355 e. The van der Waals surface area contributed by atoms with Crippen molar-refractivity contribution in [3.8, 4) is 6.07 Å². The highest BCUT2D eigenvalue weighted by Crippen LogP contribution is 2.45. The normalized spacial score (nSPS) is 19.4. The average molecular weight is 478 g/mol. The molecular weight excluding hydrogens is 458 g/mol. The first-order chi connectivity index (χ1) is 16.4. The second-order valence-electron chi connectivity index (χ2n) is 7.67. The SMILES string of the molecule is COC(=O)C1=C(C(=O)OC)N2C(=C(C#N)C1c1ccc(Cl)cc1)NC(=O)C2Cc1ccccc1. The van der Waals surface area contributed by atoms with Crippen LogP contribution in [0.1, 0.15) is 17.0 Å². The van der Waals surface area contributed by atoms with Gasteiger partial charge in [-0.2, -0.15) is 5.26 Å². The lowest BCUT2D eigenvalue weighted by Crippen LogP contribution is -2.42. The van der Waals surface area contributed by atoms with Gasteiger partial charge in [-0.1, -0.05) is 54.1 Å². The third kappa shape index (κ3) is 3.91. The van der Waals surface area contributed by atoms with Gasteiger partial charge in [0.25, 0.3) is 0 Å². The first kappa shape index (κ1) is 23.1. The van der Waals surface area contributed by atoms with Crippen molar-refractivity contribution >= 4 is 29.4 Å². The molecule has 1 amide bonds. The summed E-state index contributed by atoms with van der Waals surface area (Å²) in [4.78, 5) is 40.6. The van der Waals surface area contributed by atoms with Gasteiger partial charge in [0, 0.05) is 11.4 Å². The van der Waals surface area contributed by atoms with Crippen LogP contribution in [0.15, 0.2) is 77.3 Å². The number of nitrogens with zero attached hydrogens (tertiary/aromatic N) is 2. The van der Waals surface area contributed by atoms with Crippen molar-refractivity contribution in [1.29, 1.82) is 5.26 Å². The zero-order valence-corrected chi connectivity index (χ0v) is 19.1. The maximum atomic E-state index is 13.1. The van der Waals surface area contributed by atoms with Crippen molar-refractivity contribution in [3.63, 3.8) is 0 Å². The van der Waals surface area contributed by atoms with E-state index < -0.39 is 29.8 Å². The van der Waals surface area contributed by atoms with Crippen LogP contribution in [0.4, 0.5) is 0 Å². The Labute approximate surface area is 201 Å². The topological polar surface area (TPSA) is 109 Å². The fraction of sp³-hybridized carbons (Fsp3) is 0.200. The number of esters is 2. The quantitative estimate of drug-likeness (QED) is 0.659. The number of halogens is 1. The van der Waals surface area contributed by atoms with Crippen LogP contribution in [0.3, 0.4) is 0 Å². The molecule has 172 valence electrons. The summed E-state index contributed by atoms with van der Waals surface area (Å²) in [6.45, 7) is 0. The number of amides is 1. The minimum Gasteiger partial charge on any atom is -0.466 e. The van der Waals surface area contributed by atoms with Crippen molar-refractivity contribution in [2.75, 3.05) is 14.2 Å². The summed E-state index contributed by atoms with van der Waals surface area (Å²) in [5.41, 5.74) is 1.22. The maximum absolute atomic E-state index is 13.1. The number of methoxy groups -OCH3 is 2. The van der Waals surface area contributed by atoms with E-state index in [1.165, 1.54) is 19.1 Å².